The van der Waals surface area contributed by atoms with Gasteiger partial charge < -0.3 is 11.7 Å². The summed E-state index contributed by atoms with van der Waals surface area (Å²) in [7, 11) is 2.70. The van der Waals surface area contributed by atoms with Crippen molar-refractivity contribution >= 4 is 17.0 Å². The van der Waals surface area contributed by atoms with Crippen LogP contribution >= 0.6 is 11.6 Å². The SMILES string of the molecule is [CH2-]CCCC.[CH2-]OC(=O)Cl.[Y]. The Balaban J connectivity index is -0.000000107. The standard InChI is InChI=1S/C5H11.C2H2ClO2.Y/c1-3-5-4-2;1-5-2(3)4;/h1,3-5H2,2H3;1H2;/q2*-1;. The van der Waals surface area contributed by atoms with Crippen LogP contribution in [0.2, 0.25) is 0 Å². The number of rotatable bonds is 2. The predicted molar refractivity (Wildman–Crippen MR) is 42.6 cm³/mol. The van der Waals surface area contributed by atoms with Crippen molar-refractivity contribution < 1.29 is 42.2 Å². The first-order valence-electron chi connectivity index (χ1n) is 3.09. The third kappa shape index (κ3) is 36.1. The molecular formula is C7H13ClO2Y-2. The van der Waals surface area contributed by atoms with Crippen LogP contribution in [-0.2, 0) is 37.4 Å². The Hall–Kier alpha value is 0.864. The Kier molecular flexibility index (Phi) is 27.7. The van der Waals surface area contributed by atoms with Gasteiger partial charge in [-0.05, 0) is 0 Å². The average Bonchev–Trinajstić information content (AvgIpc) is 1.91. The summed E-state index contributed by atoms with van der Waals surface area (Å²) in [6.07, 6.45) is 3.65. The van der Waals surface area contributed by atoms with E-state index in [4.69, 9.17) is 0 Å². The normalized spacial score (nSPS) is 6.91. The first-order chi connectivity index (χ1) is 4.68. The minimum Gasteiger partial charge on any atom is -0.628 e. The third-order valence-corrected chi connectivity index (χ3v) is 0.826. The summed E-state index contributed by atoms with van der Waals surface area (Å²) in [4.78, 5) is 9.29. The fourth-order valence-electron chi connectivity index (χ4n) is 0.250. The summed E-state index contributed by atoms with van der Waals surface area (Å²) in [5.74, 6) is 0. The first kappa shape index (κ1) is 17.8. The maximum Gasteiger partial charge on any atom is 0.371 e. The summed E-state index contributed by atoms with van der Waals surface area (Å²) in [5.41, 5.74) is -0.884. The molecule has 0 aliphatic heterocycles. The smallest absolute Gasteiger partial charge is 0.371 e. The number of halogens is 1. The van der Waals surface area contributed by atoms with E-state index in [-0.39, 0.29) is 32.7 Å². The molecular weight excluding hydrogens is 240 g/mol. The molecule has 65 valence electrons. The van der Waals surface area contributed by atoms with Crippen LogP contribution in [0.1, 0.15) is 26.2 Å². The minimum atomic E-state index is -0.884. The van der Waals surface area contributed by atoms with Crippen LogP contribution < -0.4 is 0 Å². The summed E-state index contributed by atoms with van der Waals surface area (Å²) >= 11 is 4.54. The van der Waals surface area contributed by atoms with Gasteiger partial charge in [-0.2, -0.15) is 13.5 Å². The van der Waals surface area contributed by atoms with E-state index in [1.807, 2.05) is 0 Å². The van der Waals surface area contributed by atoms with Crippen molar-refractivity contribution in [2.45, 2.75) is 26.2 Å². The maximum absolute atomic E-state index is 9.29. The average molecular weight is 254 g/mol. The molecule has 4 heteroatoms. The van der Waals surface area contributed by atoms with Gasteiger partial charge >= 0.3 is 5.43 Å². The zero-order valence-electron chi connectivity index (χ0n) is 6.81. The molecule has 0 amide bonds. The van der Waals surface area contributed by atoms with Crippen LogP contribution in [0.5, 0.6) is 0 Å². The monoisotopic (exact) mass is 253 g/mol. The molecule has 0 aliphatic carbocycles. The van der Waals surface area contributed by atoms with Crippen LogP contribution in [0.4, 0.5) is 4.79 Å². The maximum atomic E-state index is 9.29. The van der Waals surface area contributed by atoms with E-state index in [1.54, 1.807) is 0 Å². The number of carbonyl (C=O) groups excluding carboxylic acids is 1. The summed E-state index contributed by atoms with van der Waals surface area (Å²) in [6.45, 7) is 5.85. The molecule has 1 radical (unpaired) electrons. The van der Waals surface area contributed by atoms with Gasteiger partial charge in [0.25, 0.3) is 0 Å². The second kappa shape index (κ2) is 17.1. The largest absolute Gasteiger partial charge is 0.628 e. The molecule has 0 aromatic heterocycles. The molecule has 0 bridgehead atoms. The molecule has 0 fully saturated rings. The van der Waals surface area contributed by atoms with Crippen molar-refractivity contribution in [3.63, 3.8) is 0 Å². The fourth-order valence-corrected chi connectivity index (χ4v) is 0.250. The molecule has 2 nitrogen and oxygen atoms in total. The number of carbonyl (C=O) groups is 1. The molecule has 11 heavy (non-hydrogen) atoms. The van der Waals surface area contributed by atoms with Gasteiger partial charge in [0, 0.05) is 44.3 Å². The Morgan fingerprint density at radius 2 is 2.00 bits per heavy atom. The summed E-state index contributed by atoms with van der Waals surface area (Å²) in [5, 5.41) is 0. The summed E-state index contributed by atoms with van der Waals surface area (Å²) in [6, 6.07) is 0. The zero-order valence-corrected chi connectivity index (χ0v) is 10.4. The topological polar surface area (TPSA) is 26.3 Å². The number of ether oxygens (including phenoxy) is 1. The molecule has 0 saturated carbocycles. The number of unbranched alkanes of at least 4 members (excludes halogenated alkanes) is 2. The molecule has 0 heterocycles. The van der Waals surface area contributed by atoms with Crippen LogP contribution in [0, 0.1) is 14.0 Å². The molecule has 0 unspecified atom stereocenters. The van der Waals surface area contributed by atoms with Gasteiger partial charge in [-0.1, -0.05) is 19.8 Å². The van der Waals surface area contributed by atoms with Crippen molar-refractivity contribution in [1.82, 2.24) is 0 Å². The van der Waals surface area contributed by atoms with Gasteiger partial charge in [0.2, 0.25) is 0 Å². The van der Waals surface area contributed by atoms with Crippen LogP contribution in [-0.4, -0.2) is 5.43 Å². The molecule has 0 aromatic carbocycles. The van der Waals surface area contributed by atoms with E-state index in [0.717, 1.165) is 6.42 Å². The second-order valence-corrected chi connectivity index (χ2v) is 1.90. The first-order valence-corrected chi connectivity index (χ1v) is 3.47. The van der Waals surface area contributed by atoms with E-state index in [0.29, 0.717) is 0 Å². The Labute approximate surface area is 98.9 Å². The Bertz CT molecular complexity index is 76.8. The molecule has 0 saturated heterocycles. The Morgan fingerprint density at radius 3 is 2.00 bits per heavy atom. The van der Waals surface area contributed by atoms with Gasteiger partial charge in [0.05, 0.1) is 0 Å². The Morgan fingerprint density at radius 1 is 1.64 bits per heavy atom. The summed E-state index contributed by atoms with van der Waals surface area (Å²) < 4.78 is 3.63. The molecule has 0 atom stereocenters. The van der Waals surface area contributed by atoms with E-state index in [9.17, 15) is 4.79 Å². The van der Waals surface area contributed by atoms with E-state index < -0.39 is 5.43 Å². The van der Waals surface area contributed by atoms with Crippen molar-refractivity contribution in [2.24, 2.45) is 0 Å². The van der Waals surface area contributed by atoms with Crippen LogP contribution in [0.15, 0.2) is 0 Å². The van der Waals surface area contributed by atoms with Crippen molar-refractivity contribution in [3.05, 3.63) is 14.0 Å². The zero-order chi connectivity index (χ0) is 8.41. The second-order valence-electron chi connectivity index (χ2n) is 1.59. The van der Waals surface area contributed by atoms with Crippen molar-refractivity contribution in [3.8, 4) is 0 Å². The van der Waals surface area contributed by atoms with Gasteiger partial charge in [-0.3, -0.25) is 0 Å². The van der Waals surface area contributed by atoms with Gasteiger partial charge in [-0.15, -0.1) is 0 Å². The number of hydrogen-bond acceptors (Lipinski definition) is 2. The fraction of sp³-hybridized carbons (Fsp3) is 0.571. The molecule has 0 rings (SSSR count). The van der Waals surface area contributed by atoms with Crippen molar-refractivity contribution in [1.29, 1.82) is 0 Å². The van der Waals surface area contributed by atoms with E-state index in [1.165, 1.54) is 12.8 Å². The van der Waals surface area contributed by atoms with E-state index >= 15 is 0 Å². The number of hydrogen-bond donors (Lipinski definition) is 0. The molecule has 0 aliphatic rings. The van der Waals surface area contributed by atoms with Crippen LogP contribution in [0.25, 0.3) is 0 Å². The quantitative estimate of drug-likeness (QED) is 0.558. The van der Waals surface area contributed by atoms with Gasteiger partial charge in [0.1, 0.15) is 0 Å². The third-order valence-electron chi connectivity index (χ3n) is 0.717. The van der Waals surface area contributed by atoms with Crippen LogP contribution in [0.3, 0.4) is 0 Å². The van der Waals surface area contributed by atoms with Crippen molar-refractivity contribution in [2.75, 3.05) is 0 Å². The van der Waals surface area contributed by atoms with Gasteiger partial charge in [0.15, 0.2) is 0 Å². The van der Waals surface area contributed by atoms with E-state index in [2.05, 4.69) is 37.3 Å². The molecule has 0 N–H and O–H groups in total. The minimum absolute atomic E-state index is 0. The predicted octanol–water partition coefficient (Wildman–Crippen LogP) is 3.16. The molecule has 0 aromatic rings. The molecule has 0 spiro atoms. The van der Waals surface area contributed by atoms with Gasteiger partial charge in [-0.25, -0.2) is 4.79 Å².